The maximum atomic E-state index is 12.6. The number of likely N-dealkylation sites (tertiary alicyclic amines) is 1. The first-order chi connectivity index (χ1) is 12.6. The number of hydrogen-bond donors (Lipinski definition) is 2. The molecule has 3 aromatic rings. The summed E-state index contributed by atoms with van der Waals surface area (Å²) in [6.45, 7) is 5.46. The van der Waals surface area contributed by atoms with Crippen molar-refractivity contribution in [3.05, 3.63) is 59.4 Å². The number of hydrogen-bond acceptors (Lipinski definition) is 3. The monoisotopic (exact) mass is 349 g/mol. The van der Waals surface area contributed by atoms with E-state index in [9.17, 15) is 4.79 Å². The minimum atomic E-state index is 0.0192. The molecule has 0 aliphatic carbocycles. The third kappa shape index (κ3) is 3.03. The van der Waals surface area contributed by atoms with E-state index < -0.39 is 0 Å². The van der Waals surface area contributed by atoms with Gasteiger partial charge in [-0.05, 0) is 32.3 Å². The van der Waals surface area contributed by atoms with Crippen molar-refractivity contribution in [1.82, 2.24) is 25.1 Å². The Morgan fingerprint density at radius 3 is 2.73 bits per heavy atom. The lowest BCUT2D eigenvalue weighted by Gasteiger charge is -2.31. The normalized spacial score (nSPS) is 15.4. The fourth-order valence-corrected chi connectivity index (χ4v) is 3.75. The Balaban J connectivity index is 1.49. The van der Waals surface area contributed by atoms with Crippen LogP contribution in [0, 0.1) is 13.8 Å². The predicted octanol–water partition coefficient (Wildman–Crippen LogP) is 3.44. The quantitative estimate of drug-likeness (QED) is 0.760. The van der Waals surface area contributed by atoms with Crippen LogP contribution in [0.15, 0.2) is 36.8 Å². The van der Waals surface area contributed by atoms with Crippen LogP contribution in [0.25, 0.3) is 11.1 Å². The van der Waals surface area contributed by atoms with Crippen molar-refractivity contribution < 1.29 is 4.79 Å². The topological polar surface area (TPSA) is 77.7 Å². The first-order valence-electron chi connectivity index (χ1n) is 9.03. The van der Waals surface area contributed by atoms with Crippen LogP contribution >= 0.6 is 0 Å². The Morgan fingerprint density at radius 1 is 1.23 bits per heavy atom. The van der Waals surface area contributed by atoms with E-state index in [1.807, 2.05) is 18.0 Å². The van der Waals surface area contributed by atoms with Gasteiger partial charge >= 0.3 is 0 Å². The van der Waals surface area contributed by atoms with Crippen molar-refractivity contribution >= 4 is 5.91 Å². The van der Waals surface area contributed by atoms with Crippen molar-refractivity contribution in [1.29, 1.82) is 0 Å². The zero-order chi connectivity index (χ0) is 18.1. The molecular weight excluding hydrogens is 326 g/mol. The summed E-state index contributed by atoms with van der Waals surface area (Å²) in [5.41, 5.74) is 6.14. The SMILES string of the molecule is Cc1cccc(-c2cn[nH]c2C2CCN(C(=O)c3nc[nH]c3C)CC2)c1. The second-order valence-corrected chi connectivity index (χ2v) is 7.01. The lowest BCUT2D eigenvalue weighted by Crippen LogP contribution is -2.38. The van der Waals surface area contributed by atoms with Crippen LogP contribution < -0.4 is 0 Å². The molecule has 1 aromatic carbocycles. The molecule has 134 valence electrons. The predicted molar refractivity (Wildman–Crippen MR) is 100.0 cm³/mol. The number of nitrogens with zero attached hydrogens (tertiary/aromatic N) is 3. The summed E-state index contributed by atoms with van der Waals surface area (Å²) in [5.74, 6) is 0.406. The van der Waals surface area contributed by atoms with E-state index in [2.05, 4.69) is 51.4 Å². The maximum Gasteiger partial charge on any atom is 0.274 e. The van der Waals surface area contributed by atoms with E-state index in [4.69, 9.17) is 0 Å². The molecule has 0 radical (unpaired) electrons. The molecule has 1 saturated heterocycles. The third-order valence-electron chi connectivity index (χ3n) is 5.22. The fourth-order valence-electron chi connectivity index (χ4n) is 3.75. The number of amides is 1. The van der Waals surface area contributed by atoms with Crippen molar-refractivity contribution in [2.75, 3.05) is 13.1 Å². The summed E-state index contributed by atoms with van der Waals surface area (Å²) < 4.78 is 0. The average molecular weight is 349 g/mol. The number of benzene rings is 1. The van der Waals surface area contributed by atoms with E-state index in [1.165, 1.54) is 22.4 Å². The second-order valence-electron chi connectivity index (χ2n) is 7.01. The Labute approximate surface area is 152 Å². The average Bonchev–Trinajstić information content (AvgIpc) is 3.30. The third-order valence-corrected chi connectivity index (χ3v) is 5.22. The first-order valence-corrected chi connectivity index (χ1v) is 9.03. The largest absolute Gasteiger partial charge is 0.348 e. The summed E-state index contributed by atoms with van der Waals surface area (Å²) >= 11 is 0. The summed E-state index contributed by atoms with van der Waals surface area (Å²) in [4.78, 5) is 21.7. The maximum absolute atomic E-state index is 12.6. The molecular formula is C20H23N5O. The van der Waals surface area contributed by atoms with E-state index in [0.29, 0.717) is 11.6 Å². The molecule has 2 aromatic heterocycles. The minimum absolute atomic E-state index is 0.0192. The van der Waals surface area contributed by atoms with Gasteiger partial charge in [-0.15, -0.1) is 0 Å². The molecule has 1 amide bonds. The van der Waals surface area contributed by atoms with Crippen molar-refractivity contribution in [3.63, 3.8) is 0 Å². The smallest absolute Gasteiger partial charge is 0.274 e. The van der Waals surface area contributed by atoms with Crippen LogP contribution in [0.4, 0.5) is 0 Å². The number of rotatable bonds is 3. The molecule has 3 heterocycles. The number of aryl methyl sites for hydroxylation is 2. The number of carbonyl (C=O) groups excluding carboxylic acids is 1. The van der Waals surface area contributed by atoms with Crippen LogP contribution in [-0.2, 0) is 0 Å². The van der Waals surface area contributed by atoms with Gasteiger partial charge in [0.05, 0.1) is 12.5 Å². The number of aromatic amines is 2. The number of carbonyl (C=O) groups is 1. The lowest BCUT2D eigenvalue weighted by molar-refractivity contribution is 0.0706. The highest BCUT2D eigenvalue weighted by molar-refractivity contribution is 5.93. The van der Waals surface area contributed by atoms with Gasteiger partial charge in [-0.2, -0.15) is 5.10 Å². The zero-order valence-corrected chi connectivity index (χ0v) is 15.1. The molecule has 2 N–H and O–H groups in total. The zero-order valence-electron chi connectivity index (χ0n) is 15.1. The highest BCUT2D eigenvalue weighted by Gasteiger charge is 2.28. The van der Waals surface area contributed by atoms with Gasteiger partial charge in [-0.1, -0.05) is 29.8 Å². The van der Waals surface area contributed by atoms with Gasteiger partial charge in [0.1, 0.15) is 5.69 Å². The van der Waals surface area contributed by atoms with Crippen LogP contribution in [-0.4, -0.2) is 44.1 Å². The van der Waals surface area contributed by atoms with E-state index in [-0.39, 0.29) is 5.91 Å². The Morgan fingerprint density at radius 2 is 2.04 bits per heavy atom. The van der Waals surface area contributed by atoms with Gasteiger partial charge in [-0.25, -0.2) is 4.98 Å². The van der Waals surface area contributed by atoms with Gasteiger partial charge in [0.15, 0.2) is 0 Å². The fraction of sp³-hybridized carbons (Fsp3) is 0.350. The van der Waals surface area contributed by atoms with Crippen molar-refractivity contribution in [2.24, 2.45) is 0 Å². The second kappa shape index (κ2) is 6.78. The molecule has 1 fully saturated rings. The van der Waals surface area contributed by atoms with Gasteiger partial charge < -0.3 is 9.88 Å². The highest BCUT2D eigenvalue weighted by Crippen LogP contribution is 2.34. The molecule has 1 aliphatic heterocycles. The molecule has 0 saturated carbocycles. The number of piperidine rings is 1. The Kier molecular flexibility index (Phi) is 4.32. The molecule has 0 spiro atoms. The molecule has 4 rings (SSSR count). The Hall–Kier alpha value is -2.89. The molecule has 6 heteroatoms. The van der Waals surface area contributed by atoms with Crippen molar-refractivity contribution in [2.45, 2.75) is 32.6 Å². The molecule has 6 nitrogen and oxygen atoms in total. The first kappa shape index (κ1) is 16.6. The Bertz CT molecular complexity index is 918. The van der Waals surface area contributed by atoms with E-state index in [1.54, 1.807) is 6.33 Å². The van der Waals surface area contributed by atoms with Crippen molar-refractivity contribution in [3.8, 4) is 11.1 Å². The number of imidazole rings is 1. The van der Waals surface area contributed by atoms with Crippen LogP contribution in [0.2, 0.25) is 0 Å². The summed E-state index contributed by atoms with van der Waals surface area (Å²) in [6, 6.07) is 8.49. The highest BCUT2D eigenvalue weighted by atomic mass is 16.2. The minimum Gasteiger partial charge on any atom is -0.348 e. The van der Waals surface area contributed by atoms with Gasteiger partial charge in [0.2, 0.25) is 0 Å². The molecule has 26 heavy (non-hydrogen) atoms. The summed E-state index contributed by atoms with van der Waals surface area (Å²) in [6.07, 6.45) is 5.34. The van der Waals surface area contributed by atoms with E-state index in [0.717, 1.165) is 31.6 Å². The lowest BCUT2D eigenvalue weighted by atomic mass is 9.89. The van der Waals surface area contributed by atoms with Gasteiger partial charge in [0.25, 0.3) is 5.91 Å². The number of aromatic nitrogens is 4. The van der Waals surface area contributed by atoms with Crippen LogP contribution in [0.3, 0.4) is 0 Å². The number of nitrogens with one attached hydrogen (secondary N) is 2. The van der Waals surface area contributed by atoms with Crippen LogP contribution in [0.5, 0.6) is 0 Å². The van der Waals surface area contributed by atoms with Crippen LogP contribution in [0.1, 0.15) is 46.2 Å². The summed E-state index contributed by atoms with van der Waals surface area (Å²) in [7, 11) is 0. The summed E-state index contributed by atoms with van der Waals surface area (Å²) in [5, 5.41) is 7.49. The standard InChI is InChI=1S/C20H23N5O/c1-13-4-3-5-16(10-13)17-11-23-24-19(17)15-6-8-25(9-7-15)20(26)18-14(2)21-12-22-18/h3-5,10-12,15H,6-9H2,1-2H3,(H,21,22)(H,23,24). The van der Waals surface area contributed by atoms with E-state index >= 15 is 0 Å². The molecule has 0 bridgehead atoms. The molecule has 1 aliphatic rings. The van der Waals surface area contributed by atoms with Gasteiger partial charge in [0, 0.05) is 36.0 Å². The number of H-pyrrole nitrogens is 2. The van der Waals surface area contributed by atoms with Gasteiger partial charge in [-0.3, -0.25) is 9.89 Å². The molecule has 0 unspecified atom stereocenters. The molecule has 0 atom stereocenters.